The number of H-pyrrole nitrogens is 1. The van der Waals surface area contributed by atoms with Crippen LogP contribution < -0.4 is 15.2 Å². The molecule has 16 heteroatoms. The van der Waals surface area contributed by atoms with Gasteiger partial charge in [0.2, 0.25) is 0 Å². The molecule has 2 aromatic heterocycles. The Bertz CT molecular complexity index is 1430. The normalized spacial score (nSPS) is 25.5. The Labute approximate surface area is 221 Å². The first-order chi connectivity index (χ1) is 18.3. The Balaban J connectivity index is 1.57. The number of halogens is 1. The summed E-state index contributed by atoms with van der Waals surface area (Å²) in [6.45, 7) is 4.93. The SMILES string of the molecule is Cc1nc2c(ncn2[C@@H]2O[C@](F)(CO[P@@](=O)(N[C@H](C)C(=O)OC(C)C)Oc3ccccc3)[C@@H](O)[C@H]2O)c(=O)[nH]1. The number of alkyl halides is 1. The summed E-state index contributed by atoms with van der Waals surface area (Å²) in [7, 11) is -4.51. The van der Waals surface area contributed by atoms with Gasteiger partial charge in [0.1, 0.15) is 36.4 Å². The van der Waals surface area contributed by atoms with Crippen LogP contribution in [0.3, 0.4) is 0 Å². The molecule has 0 amide bonds. The summed E-state index contributed by atoms with van der Waals surface area (Å²) in [5, 5.41) is 23.6. The van der Waals surface area contributed by atoms with Gasteiger partial charge in [0.05, 0.1) is 12.4 Å². The topological polar surface area (TPSA) is 187 Å². The van der Waals surface area contributed by atoms with Gasteiger partial charge >= 0.3 is 13.7 Å². The summed E-state index contributed by atoms with van der Waals surface area (Å²) in [6.07, 6.45) is -4.97. The van der Waals surface area contributed by atoms with Crippen LogP contribution in [0.2, 0.25) is 0 Å². The molecule has 0 spiro atoms. The minimum absolute atomic E-state index is 0.0186. The Morgan fingerprint density at radius 1 is 1.31 bits per heavy atom. The Morgan fingerprint density at radius 2 is 2.00 bits per heavy atom. The molecule has 14 nitrogen and oxygen atoms in total. The molecule has 4 rings (SSSR count). The number of aliphatic hydroxyl groups excluding tert-OH is 2. The smallest absolute Gasteiger partial charge is 0.459 e. The fourth-order valence-corrected chi connectivity index (χ4v) is 5.33. The van der Waals surface area contributed by atoms with Gasteiger partial charge in [0, 0.05) is 0 Å². The van der Waals surface area contributed by atoms with Crippen molar-refractivity contribution in [1.29, 1.82) is 0 Å². The number of carbonyl (C=O) groups excluding carboxylic acids is 1. The summed E-state index contributed by atoms with van der Waals surface area (Å²) in [4.78, 5) is 35.0. The van der Waals surface area contributed by atoms with E-state index in [1.54, 1.807) is 32.0 Å². The number of aliphatic hydroxyl groups is 2. The number of aromatic amines is 1. The van der Waals surface area contributed by atoms with E-state index in [-0.39, 0.29) is 22.7 Å². The number of nitrogens with one attached hydrogen (secondary N) is 2. The standard InChI is InChI=1S/C23H29FN5O9P/c1-12(2)36-22(33)13(3)28-39(34,38-15-8-6-5-7-9-15)35-10-23(24)18(31)17(30)21(37-23)29-11-25-16-19(29)26-14(4)27-20(16)32/h5-9,11-13,17-18,21,30-31H,10H2,1-4H3,(H,28,34)(H,26,27,32)/t13-,17-,18+,21-,23-,39+/m1/s1. The molecule has 4 N–H and O–H groups in total. The molecule has 0 saturated carbocycles. The monoisotopic (exact) mass is 569 g/mol. The molecule has 1 aliphatic heterocycles. The Morgan fingerprint density at radius 3 is 2.67 bits per heavy atom. The predicted molar refractivity (Wildman–Crippen MR) is 133 cm³/mol. The van der Waals surface area contributed by atoms with E-state index in [0.29, 0.717) is 0 Å². The second-order valence-electron chi connectivity index (χ2n) is 9.22. The number of benzene rings is 1. The molecule has 0 aliphatic carbocycles. The van der Waals surface area contributed by atoms with Gasteiger partial charge in [-0.3, -0.25) is 18.7 Å². The number of para-hydroxylation sites is 1. The third-order valence-electron chi connectivity index (χ3n) is 5.66. The van der Waals surface area contributed by atoms with Crippen LogP contribution in [0.4, 0.5) is 4.39 Å². The molecule has 3 heterocycles. The maximum Gasteiger partial charge on any atom is 0.459 e. The van der Waals surface area contributed by atoms with E-state index in [1.165, 1.54) is 26.0 Å². The maximum absolute atomic E-state index is 15.9. The highest BCUT2D eigenvalue weighted by Gasteiger charge is 2.57. The fraction of sp³-hybridized carbons (Fsp3) is 0.478. The number of hydrogen-bond donors (Lipinski definition) is 4. The van der Waals surface area contributed by atoms with E-state index in [1.807, 2.05) is 0 Å². The lowest BCUT2D eigenvalue weighted by Gasteiger charge is -2.27. The number of rotatable bonds is 10. The average Bonchev–Trinajstić information content (AvgIpc) is 3.38. The average molecular weight is 569 g/mol. The molecular weight excluding hydrogens is 540 g/mol. The van der Waals surface area contributed by atoms with Crippen molar-refractivity contribution in [3.63, 3.8) is 0 Å². The van der Waals surface area contributed by atoms with E-state index in [9.17, 15) is 24.4 Å². The van der Waals surface area contributed by atoms with E-state index < -0.39 is 62.3 Å². The highest BCUT2D eigenvalue weighted by atomic mass is 31.2. The van der Waals surface area contributed by atoms with Crippen molar-refractivity contribution in [2.45, 2.75) is 64.1 Å². The first kappa shape index (κ1) is 28.8. The first-order valence-electron chi connectivity index (χ1n) is 12.0. The number of carbonyl (C=O) groups is 1. The van der Waals surface area contributed by atoms with Crippen LogP contribution in [-0.4, -0.2) is 72.5 Å². The molecule has 6 atom stereocenters. The lowest BCUT2D eigenvalue weighted by molar-refractivity contribution is -0.202. The molecule has 1 fully saturated rings. The molecule has 1 aliphatic rings. The van der Waals surface area contributed by atoms with Crippen LogP contribution in [0.25, 0.3) is 11.2 Å². The largest absolute Gasteiger partial charge is 0.462 e. The van der Waals surface area contributed by atoms with Crippen molar-refractivity contribution in [2.75, 3.05) is 6.61 Å². The molecule has 0 radical (unpaired) electrons. The van der Waals surface area contributed by atoms with Crippen LogP contribution in [0.5, 0.6) is 5.75 Å². The zero-order valence-corrected chi connectivity index (χ0v) is 22.4. The number of fused-ring (bicyclic) bond motifs is 1. The lowest BCUT2D eigenvalue weighted by Crippen LogP contribution is -2.44. The van der Waals surface area contributed by atoms with Crippen molar-refractivity contribution in [3.8, 4) is 5.75 Å². The van der Waals surface area contributed by atoms with Gasteiger partial charge in [-0.15, -0.1) is 0 Å². The lowest BCUT2D eigenvalue weighted by atomic mass is 10.1. The number of hydrogen-bond acceptors (Lipinski definition) is 11. The summed E-state index contributed by atoms with van der Waals surface area (Å²) >= 11 is 0. The summed E-state index contributed by atoms with van der Waals surface area (Å²) in [6, 6.07) is 6.58. The number of aromatic nitrogens is 4. The number of nitrogens with zero attached hydrogens (tertiary/aromatic N) is 3. The van der Waals surface area contributed by atoms with Crippen molar-refractivity contribution in [2.24, 2.45) is 0 Å². The first-order valence-corrected chi connectivity index (χ1v) is 13.5. The maximum atomic E-state index is 15.9. The van der Waals surface area contributed by atoms with Gasteiger partial charge in [-0.25, -0.2) is 18.9 Å². The van der Waals surface area contributed by atoms with Crippen molar-refractivity contribution < 1.29 is 42.5 Å². The van der Waals surface area contributed by atoms with E-state index in [2.05, 4.69) is 20.0 Å². The number of imidazole rings is 1. The van der Waals surface area contributed by atoms with Crippen LogP contribution >= 0.6 is 7.75 Å². The summed E-state index contributed by atoms with van der Waals surface area (Å²) < 4.78 is 51.9. The van der Waals surface area contributed by atoms with Crippen molar-refractivity contribution in [3.05, 3.63) is 52.8 Å². The van der Waals surface area contributed by atoms with Gasteiger partial charge in [-0.1, -0.05) is 18.2 Å². The van der Waals surface area contributed by atoms with Gasteiger partial charge in [-0.2, -0.15) is 5.09 Å². The highest BCUT2D eigenvalue weighted by molar-refractivity contribution is 7.52. The molecule has 3 aromatic rings. The zero-order valence-electron chi connectivity index (χ0n) is 21.5. The predicted octanol–water partition coefficient (Wildman–Crippen LogP) is 1.48. The van der Waals surface area contributed by atoms with Gasteiger partial charge in [0.15, 0.2) is 17.4 Å². The molecule has 212 valence electrons. The third-order valence-corrected chi connectivity index (χ3v) is 7.28. The second kappa shape index (κ2) is 11.1. The van der Waals surface area contributed by atoms with E-state index in [0.717, 1.165) is 10.9 Å². The molecule has 1 aromatic carbocycles. The van der Waals surface area contributed by atoms with E-state index in [4.69, 9.17) is 18.5 Å². The number of ether oxygens (including phenoxy) is 2. The minimum Gasteiger partial charge on any atom is -0.462 e. The van der Waals surface area contributed by atoms with Crippen LogP contribution in [0.15, 0.2) is 41.5 Å². The Kier molecular flexibility index (Phi) is 8.21. The zero-order chi connectivity index (χ0) is 28.5. The minimum atomic E-state index is -4.51. The Hall–Kier alpha value is -3.20. The number of aryl methyl sites for hydroxylation is 1. The van der Waals surface area contributed by atoms with Crippen LogP contribution in [0.1, 0.15) is 32.8 Å². The molecule has 0 bridgehead atoms. The highest BCUT2D eigenvalue weighted by Crippen LogP contribution is 2.48. The summed E-state index contributed by atoms with van der Waals surface area (Å²) in [5.74, 6) is -3.56. The van der Waals surface area contributed by atoms with Crippen LogP contribution in [-0.2, 0) is 23.4 Å². The summed E-state index contributed by atoms with van der Waals surface area (Å²) in [5.41, 5.74) is -0.671. The van der Waals surface area contributed by atoms with E-state index >= 15 is 4.39 Å². The quantitative estimate of drug-likeness (QED) is 0.204. The molecule has 0 unspecified atom stereocenters. The van der Waals surface area contributed by atoms with Gasteiger partial charge in [0.25, 0.3) is 11.4 Å². The number of esters is 1. The van der Waals surface area contributed by atoms with Gasteiger partial charge in [-0.05, 0) is 39.8 Å². The van der Waals surface area contributed by atoms with Crippen molar-refractivity contribution >= 4 is 24.9 Å². The van der Waals surface area contributed by atoms with Crippen molar-refractivity contribution in [1.82, 2.24) is 24.6 Å². The second-order valence-corrected chi connectivity index (χ2v) is 10.9. The molecule has 1 saturated heterocycles. The fourth-order valence-electron chi connectivity index (χ4n) is 3.82. The van der Waals surface area contributed by atoms with Gasteiger partial charge < -0.3 is 29.2 Å². The van der Waals surface area contributed by atoms with Crippen LogP contribution in [0, 0.1) is 6.92 Å². The molecule has 39 heavy (non-hydrogen) atoms. The third kappa shape index (κ3) is 6.19. The molecular formula is C23H29FN5O9P.